The van der Waals surface area contributed by atoms with Gasteiger partial charge in [-0.3, -0.25) is 0 Å². The van der Waals surface area contributed by atoms with Crippen molar-refractivity contribution >= 4 is 44.8 Å². The molecule has 0 saturated heterocycles. The van der Waals surface area contributed by atoms with Crippen LogP contribution in [0.3, 0.4) is 0 Å². The first kappa shape index (κ1) is 30.3. The number of hydrogen-bond acceptors (Lipinski definition) is 8. The molecule has 0 unspecified atom stereocenters. The fraction of sp³-hybridized carbons (Fsp3) is 0.200. The van der Waals surface area contributed by atoms with Gasteiger partial charge in [0.2, 0.25) is 0 Å². The first-order valence-corrected chi connectivity index (χ1v) is 15.9. The Kier molecular flexibility index (Phi) is 9.24. The van der Waals surface area contributed by atoms with E-state index in [1.165, 1.54) is 66.9 Å². The average molecular weight is 666 g/mol. The van der Waals surface area contributed by atoms with Gasteiger partial charge in [0.25, 0.3) is 0 Å². The van der Waals surface area contributed by atoms with Crippen molar-refractivity contribution in [2.45, 2.75) is 0 Å². The molecular formula is C30H28Cl2O8Se. The minimum absolute atomic E-state index is 0.0796. The Morgan fingerprint density at radius 2 is 0.805 bits per heavy atom. The van der Waals surface area contributed by atoms with Crippen molar-refractivity contribution in [1.29, 1.82) is 0 Å². The van der Waals surface area contributed by atoms with E-state index in [0.717, 1.165) is 0 Å². The first-order valence-electron chi connectivity index (χ1n) is 12.1. The van der Waals surface area contributed by atoms with Gasteiger partial charge in [0.05, 0.1) is 0 Å². The van der Waals surface area contributed by atoms with Crippen LogP contribution in [0.4, 0.5) is 0 Å². The summed E-state index contributed by atoms with van der Waals surface area (Å²) >= 11 is 7.57. The van der Waals surface area contributed by atoms with Gasteiger partial charge in [-0.05, 0) is 0 Å². The molecule has 0 bridgehead atoms. The summed E-state index contributed by atoms with van der Waals surface area (Å²) in [5.74, 6) is 2.21. The fourth-order valence-electron chi connectivity index (χ4n) is 4.52. The fourth-order valence-corrected chi connectivity index (χ4v) is 8.35. The van der Waals surface area contributed by atoms with Crippen LogP contribution in [0.2, 0.25) is 10.0 Å². The molecule has 0 aromatic heterocycles. The zero-order valence-corrected chi connectivity index (χ0v) is 26.4. The second kappa shape index (κ2) is 12.5. The van der Waals surface area contributed by atoms with E-state index in [1.807, 2.05) is 0 Å². The van der Waals surface area contributed by atoms with Crippen LogP contribution in [0.25, 0.3) is 22.3 Å². The number of ether oxygens (including phenoxy) is 6. The monoisotopic (exact) mass is 666 g/mol. The molecule has 0 aliphatic carbocycles. The van der Waals surface area contributed by atoms with Crippen LogP contribution in [-0.2, 0) is 7.67 Å². The van der Waals surface area contributed by atoms with Gasteiger partial charge in [0, 0.05) is 0 Å². The molecule has 0 spiro atoms. The maximum absolute atomic E-state index is 14.5. The second-order valence-electron chi connectivity index (χ2n) is 8.61. The molecule has 0 atom stereocenters. The molecule has 0 amide bonds. The van der Waals surface area contributed by atoms with Crippen molar-refractivity contribution in [2.75, 3.05) is 42.7 Å². The van der Waals surface area contributed by atoms with Crippen LogP contribution < -0.4 is 37.3 Å². The maximum atomic E-state index is 14.5. The van der Waals surface area contributed by atoms with Crippen molar-refractivity contribution in [2.24, 2.45) is 0 Å². The molecule has 11 heteroatoms. The SMILES string of the molecule is COc1cc(-c2cc(Cl)ccc2[Se](=O)(=O)c2ccc(Cl)cc2-c2cc(OC)c(OC)c(OC)c2)cc(OC)c1OC. The second-order valence-corrected chi connectivity index (χ2v) is 13.4. The number of rotatable bonds is 10. The summed E-state index contributed by atoms with van der Waals surface area (Å²) in [5, 5.41) is 0.706. The molecule has 0 radical (unpaired) electrons. The standard InChI is InChI=1S/C30H28Cl2O8Se/c1-35-23-11-17(12-24(36-2)29(23)39-5)21-15-19(31)7-9-27(21)41(33,34)28-10-8-20(32)16-22(28)18-13-25(37-3)30(40-6)26(14-18)38-4/h7-16H,1-6H3. The molecule has 4 aromatic carbocycles. The van der Waals surface area contributed by atoms with E-state index in [2.05, 4.69) is 0 Å². The Bertz CT molecular complexity index is 1530. The normalized spacial score (nSPS) is 11.1. The number of hydrogen-bond donors (Lipinski definition) is 0. The van der Waals surface area contributed by atoms with Gasteiger partial charge >= 0.3 is 251 Å². The molecule has 0 heterocycles. The Morgan fingerprint density at radius 3 is 1.07 bits per heavy atom. The van der Waals surface area contributed by atoms with Crippen LogP contribution in [0, 0.1) is 0 Å². The summed E-state index contributed by atoms with van der Waals surface area (Å²) < 4.78 is 62.1. The van der Waals surface area contributed by atoms with Crippen LogP contribution >= 0.6 is 23.2 Å². The Morgan fingerprint density at radius 1 is 0.488 bits per heavy atom. The number of benzene rings is 4. The van der Waals surface area contributed by atoms with E-state index < -0.39 is 12.7 Å². The molecule has 4 aromatic rings. The van der Waals surface area contributed by atoms with Gasteiger partial charge in [-0.25, -0.2) is 0 Å². The van der Waals surface area contributed by atoms with Crippen molar-refractivity contribution < 1.29 is 36.1 Å². The molecule has 0 fully saturated rings. The molecule has 0 aliphatic heterocycles. The third-order valence-corrected chi connectivity index (χ3v) is 10.8. The van der Waals surface area contributed by atoms with E-state index in [4.69, 9.17) is 51.6 Å². The summed E-state index contributed by atoms with van der Waals surface area (Å²) in [5.41, 5.74) is 1.75. The van der Waals surface area contributed by atoms with Gasteiger partial charge in [0.1, 0.15) is 0 Å². The molecule has 8 nitrogen and oxygen atoms in total. The Labute approximate surface area is 250 Å². The summed E-state index contributed by atoms with van der Waals surface area (Å²) in [6, 6.07) is 15.9. The molecule has 216 valence electrons. The van der Waals surface area contributed by atoms with Crippen molar-refractivity contribution in [3.05, 3.63) is 70.7 Å². The van der Waals surface area contributed by atoms with Gasteiger partial charge in [-0.15, -0.1) is 0 Å². The summed E-state index contributed by atoms with van der Waals surface area (Å²) in [7, 11) is 8.92. The van der Waals surface area contributed by atoms with Gasteiger partial charge < -0.3 is 0 Å². The van der Waals surface area contributed by atoms with Crippen LogP contribution in [-0.4, -0.2) is 55.4 Å². The van der Waals surface area contributed by atoms with Crippen LogP contribution in [0.15, 0.2) is 60.7 Å². The van der Waals surface area contributed by atoms with Gasteiger partial charge in [-0.1, -0.05) is 0 Å². The molecule has 0 saturated carbocycles. The first-order chi connectivity index (χ1) is 19.6. The van der Waals surface area contributed by atoms with Crippen molar-refractivity contribution in [3.63, 3.8) is 0 Å². The number of halogens is 2. The Balaban J connectivity index is 2.00. The Hall–Kier alpha value is -3.62. The summed E-state index contributed by atoms with van der Waals surface area (Å²) in [6.07, 6.45) is 0. The number of methoxy groups -OCH3 is 6. The molecule has 41 heavy (non-hydrogen) atoms. The molecular weight excluding hydrogens is 638 g/mol. The zero-order valence-electron chi connectivity index (χ0n) is 23.2. The third kappa shape index (κ3) is 5.76. The van der Waals surface area contributed by atoms with E-state index in [9.17, 15) is 7.67 Å². The summed E-state index contributed by atoms with van der Waals surface area (Å²) in [4.78, 5) is 0. The third-order valence-electron chi connectivity index (χ3n) is 6.41. The van der Waals surface area contributed by atoms with E-state index in [-0.39, 0.29) is 8.92 Å². The van der Waals surface area contributed by atoms with Crippen LogP contribution in [0.5, 0.6) is 34.5 Å². The van der Waals surface area contributed by atoms with E-state index >= 15 is 0 Å². The van der Waals surface area contributed by atoms with E-state index in [0.29, 0.717) is 66.8 Å². The molecule has 0 aliphatic rings. The van der Waals surface area contributed by atoms with Gasteiger partial charge in [-0.2, -0.15) is 0 Å². The van der Waals surface area contributed by atoms with Crippen molar-refractivity contribution in [1.82, 2.24) is 0 Å². The zero-order chi connectivity index (χ0) is 29.9. The molecule has 0 N–H and O–H groups in total. The summed E-state index contributed by atoms with van der Waals surface area (Å²) in [6.45, 7) is 0. The van der Waals surface area contributed by atoms with Crippen LogP contribution in [0.1, 0.15) is 0 Å². The van der Waals surface area contributed by atoms with Gasteiger partial charge in [0.15, 0.2) is 0 Å². The predicted octanol–water partition coefficient (Wildman–Crippen LogP) is 5.80. The average Bonchev–Trinajstić information content (AvgIpc) is 2.98. The van der Waals surface area contributed by atoms with Crippen molar-refractivity contribution in [3.8, 4) is 56.8 Å². The molecule has 4 rings (SSSR count). The quantitative estimate of drug-likeness (QED) is 0.197. The van der Waals surface area contributed by atoms with E-state index in [1.54, 1.807) is 36.4 Å². The predicted molar refractivity (Wildman–Crippen MR) is 159 cm³/mol. The topological polar surface area (TPSA) is 89.5 Å². The minimum atomic E-state index is -5.19.